The van der Waals surface area contributed by atoms with E-state index >= 15 is 0 Å². The summed E-state index contributed by atoms with van der Waals surface area (Å²) in [6.07, 6.45) is 3.29. The van der Waals surface area contributed by atoms with Crippen LogP contribution in [0.5, 0.6) is 0 Å². The standard InChI is InChI=1S/C32H44N4O3S/c1-4-5-16-40(37,38)35-30-18-28(23-39-24-32(3,33)20-26-12-8-6-9-13-26)19-31(34-30)36(22-29-17-25(29)2)21-27-14-10-7-11-15-27/h6-15,18-19,25,29H,4-5,16-17,20-24,33H2,1-3H3,(H,34,35). The summed E-state index contributed by atoms with van der Waals surface area (Å²) in [5.74, 6) is 2.43. The third-order valence-corrected chi connectivity index (χ3v) is 8.67. The van der Waals surface area contributed by atoms with E-state index in [4.69, 9.17) is 15.5 Å². The molecule has 1 aliphatic carbocycles. The summed E-state index contributed by atoms with van der Waals surface area (Å²) in [5, 5.41) is 0. The van der Waals surface area contributed by atoms with Gasteiger partial charge < -0.3 is 15.4 Å². The van der Waals surface area contributed by atoms with E-state index in [9.17, 15) is 8.42 Å². The Morgan fingerprint density at radius 3 is 2.33 bits per heavy atom. The van der Waals surface area contributed by atoms with Crippen LogP contribution in [-0.4, -0.2) is 37.8 Å². The maximum absolute atomic E-state index is 12.8. The zero-order valence-electron chi connectivity index (χ0n) is 24.1. The molecule has 3 aromatic rings. The van der Waals surface area contributed by atoms with E-state index in [-0.39, 0.29) is 5.75 Å². The number of ether oxygens (including phenoxy) is 1. The van der Waals surface area contributed by atoms with Crippen molar-refractivity contribution in [3.63, 3.8) is 0 Å². The van der Waals surface area contributed by atoms with Crippen molar-refractivity contribution in [3.8, 4) is 0 Å². The topological polar surface area (TPSA) is 97.5 Å². The van der Waals surface area contributed by atoms with Crippen molar-refractivity contribution in [2.75, 3.05) is 28.5 Å². The summed E-state index contributed by atoms with van der Waals surface area (Å²) in [4.78, 5) is 7.06. The number of nitrogens with two attached hydrogens (primary N) is 1. The molecule has 0 spiro atoms. The van der Waals surface area contributed by atoms with Crippen LogP contribution in [0.1, 0.15) is 56.7 Å². The first kappa shape index (κ1) is 30.0. The Hall–Kier alpha value is -2.94. The molecule has 0 radical (unpaired) electrons. The van der Waals surface area contributed by atoms with Gasteiger partial charge in [0, 0.05) is 18.6 Å². The SMILES string of the molecule is CCCCS(=O)(=O)Nc1cc(COCC(C)(N)Cc2ccccc2)cc(N(Cc2ccccc2)CC2CC2C)n1. The molecular formula is C32H44N4O3S. The van der Waals surface area contributed by atoms with E-state index in [1.165, 1.54) is 12.0 Å². The summed E-state index contributed by atoms with van der Waals surface area (Å²) in [6, 6.07) is 24.3. The minimum absolute atomic E-state index is 0.0690. The predicted molar refractivity (Wildman–Crippen MR) is 164 cm³/mol. The highest BCUT2D eigenvalue weighted by atomic mass is 32.2. The Kier molecular flexibility index (Phi) is 10.2. The van der Waals surface area contributed by atoms with Gasteiger partial charge in [0.1, 0.15) is 11.6 Å². The predicted octanol–water partition coefficient (Wildman–Crippen LogP) is 5.76. The molecule has 40 heavy (non-hydrogen) atoms. The van der Waals surface area contributed by atoms with E-state index in [0.29, 0.717) is 50.3 Å². The van der Waals surface area contributed by atoms with E-state index in [0.717, 1.165) is 29.9 Å². The van der Waals surface area contributed by atoms with E-state index in [2.05, 4.69) is 40.8 Å². The summed E-state index contributed by atoms with van der Waals surface area (Å²) in [7, 11) is -3.50. The van der Waals surface area contributed by atoms with Crippen LogP contribution in [0.25, 0.3) is 0 Å². The lowest BCUT2D eigenvalue weighted by molar-refractivity contribution is 0.0791. The second-order valence-corrected chi connectivity index (χ2v) is 13.5. The molecule has 3 atom stereocenters. The second kappa shape index (κ2) is 13.6. The van der Waals surface area contributed by atoms with Crippen molar-refractivity contribution >= 4 is 21.7 Å². The normalized spacial score (nSPS) is 18.2. The summed E-state index contributed by atoms with van der Waals surface area (Å²) in [6.45, 7) is 8.48. The Labute approximate surface area is 240 Å². The van der Waals surface area contributed by atoms with Crippen LogP contribution in [0.2, 0.25) is 0 Å². The van der Waals surface area contributed by atoms with Crippen LogP contribution in [0.3, 0.4) is 0 Å². The molecule has 7 nitrogen and oxygen atoms in total. The number of aromatic nitrogens is 1. The van der Waals surface area contributed by atoms with E-state index < -0.39 is 15.6 Å². The molecule has 1 heterocycles. The Bertz CT molecular complexity index is 1320. The van der Waals surface area contributed by atoms with Crippen LogP contribution in [0.15, 0.2) is 72.8 Å². The molecule has 0 bridgehead atoms. The highest BCUT2D eigenvalue weighted by Gasteiger charge is 2.34. The van der Waals surface area contributed by atoms with Crippen LogP contribution < -0.4 is 15.4 Å². The summed E-state index contributed by atoms with van der Waals surface area (Å²) >= 11 is 0. The molecule has 0 amide bonds. The lowest BCUT2D eigenvalue weighted by Gasteiger charge is -2.26. The van der Waals surface area contributed by atoms with Crippen LogP contribution >= 0.6 is 0 Å². The van der Waals surface area contributed by atoms with Gasteiger partial charge in [0.15, 0.2) is 0 Å². The number of pyridine rings is 1. The first-order valence-corrected chi connectivity index (χ1v) is 16.0. The van der Waals surface area contributed by atoms with Gasteiger partial charge in [0.2, 0.25) is 10.0 Å². The molecule has 1 aromatic heterocycles. The number of unbranched alkanes of at least 4 members (excludes halogenated alkanes) is 1. The number of rotatable bonds is 16. The Morgan fingerprint density at radius 2 is 1.70 bits per heavy atom. The van der Waals surface area contributed by atoms with Gasteiger partial charge in [0.05, 0.1) is 19.0 Å². The zero-order chi connectivity index (χ0) is 28.6. The molecule has 4 rings (SSSR count). The number of hydrogen-bond acceptors (Lipinski definition) is 6. The van der Waals surface area contributed by atoms with Gasteiger partial charge in [-0.25, -0.2) is 13.4 Å². The molecule has 3 N–H and O–H groups in total. The van der Waals surface area contributed by atoms with Gasteiger partial charge in [-0.3, -0.25) is 4.72 Å². The molecule has 3 unspecified atom stereocenters. The van der Waals surface area contributed by atoms with Crippen LogP contribution in [0.4, 0.5) is 11.6 Å². The first-order valence-electron chi connectivity index (χ1n) is 14.3. The summed E-state index contributed by atoms with van der Waals surface area (Å²) < 4.78 is 34.4. The summed E-state index contributed by atoms with van der Waals surface area (Å²) in [5.41, 5.74) is 9.24. The fourth-order valence-corrected chi connectivity index (χ4v) is 6.10. The van der Waals surface area contributed by atoms with Crippen molar-refractivity contribution in [1.29, 1.82) is 0 Å². The molecule has 1 fully saturated rings. The van der Waals surface area contributed by atoms with Crippen LogP contribution in [-0.2, 0) is 34.3 Å². The number of nitrogens with one attached hydrogen (secondary N) is 1. The number of sulfonamides is 1. The fourth-order valence-electron chi connectivity index (χ4n) is 4.91. The van der Waals surface area contributed by atoms with E-state index in [1.54, 1.807) is 6.07 Å². The molecule has 0 aliphatic heterocycles. The van der Waals surface area contributed by atoms with Crippen molar-refractivity contribution in [2.24, 2.45) is 17.6 Å². The number of anilines is 2. The third-order valence-electron chi connectivity index (χ3n) is 7.32. The Morgan fingerprint density at radius 1 is 1.05 bits per heavy atom. The highest BCUT2D eigenvalue weighted by Crippen LogP contribution is 2.39. The highest BCUT2D eigenvalue weighted by molar-refractivity contribution is 7.92. The number of hydrogen-bond donors (Lipinski definition) is 2. The number of benzene rings is 2. The van der Waals surface area contributed by atoms with E-state index in [1.807, 2.05) is 56.3 Å². The lowest BCUT2D eigenvalue weighted by atomic mass is 9.95. The van der Waals surface area contributed by atoms with Gasteiger partial charge in [-0.15, -0.1) is 0 Å². The quantitative estimate of drug-likeness (QED) is 0.230. The monoisotopic (exact) mass is 564 g/mol. The maximum Gasteiger partial charge on any atom is 0.233 e. The lowest BCUT2D eigenvalue weighted by Crippen LogP contribution is -2.43. The minimum atomic E-state index is -3.50. The van der Waals surface area contributed by atoms with Crippen molar-refractivity contribution < 1.29 is 13.2 Å². The van der Waals surface area contributed by atoms with Crippen molar-refractivity contribution in [1.82, 2.24) is 4.98 Å². The van der Waals surface area contributed by atoms with Gasteiger partial charge in [-0.2, -0.15) is 0 Å². The average molecular weight is 565 g/mol. The maximum atomic E-state index is 12.8. The molecule has 0 saturated heterocycles. The van der Waals surface area contributed by atoms with Gasteiger partial charge in [0.25, 0.3) is 0 Å². The molecule has 8 heteroatoms. The van der Waals surface area contributed by atoms with Crippen molar-refractivity contribution in [2.45, 2.75) is 65.1 Å². The van der Waals surface area contributed by atoms with Gasteiger partial charge in [-0.05, 0) is 66.8 Å². The van der Waals surface area contributed by atoms with Crippen LogP contribution in [0, 0.1) is 11.8 Å². The largest absolute Gasteiger partial charge is 0.375 e. The molecular weight excluding hydrogens is 520 g/mol. The average Bonchev–Trinajstić information content (AvgIpc) is 3.61. The Balaban J connectivity index is 1.55. The minimum Gasteiger partial charge on any atom is -0.375 e. The third kappa shape index (κ3) is 9.61. The molecule has 1 aliphatic rings. The molecule has 1 saturated carbocycles. The van der Waals surface area contributed by atoms with Gasteiger partial charge >= 0.3 is 0 Å². The fraction of sp³-hybridized carbons (Fsp3) is 0.469. The molecule has 216 valence electrons. The second-order valence-electron chi connectivity index (χ2n) is 11.6. The smallest absolute Gasteiger partial charge is 0.233 e. The molecule has 2 aromatic carbocycles. The van der Waals surface area contributed by atoms with Crippen molar-refractivity contribution in [3.05, 3.63) is 89.5 Å². The van der Waals surface area contributed by atoms with Gasteiger partial charge in [-0.1, -0.05) is 80.9 Å². The zero-order valence-corrected chi connectivity index (χ0v) is 24.9. The first-order chi connectivity index (χ1) is 19.1. The number of nitrogens with zero attached hydrogens (tertiary/aromatic N) is 2.